The Morgan fingerprint density at radius 2 is 0.980 bits per heavy atom. The minimum atomic E-state index is 1.12. The van der Waals surface area contributed by atoms with Gasteiger partial charge in [0.05, 0.1) is 5.69 Å². The van der Waals surface area contributed by atoms with E-state index in [0.29, 0.717) is 0 Å². The first-order chi connectivity index (χ1) is 24.8. The number of nitrogens with zero attached hydrogens (tertiary/aromatic N) is 1. The third-order valence-electron chi connectivity index (χ3n) is 10.0. The van der Waals surface area contributed by atoms with Gasteiger partial charge in [-0.1, -0.05) is 152 Å². The molecule has 234 valence electrons. The van der Waals surface area contributed by atoms with Crippen molar-refractivity contribution in [3.05, 3.63) is 188 Å². The number of hydrogen-bond donors (Lipinski definition) is 0. The van der Waals surface area contributed by atoms with E-state index in [1.807, 2.05) is 11.3 Å². The molecule has 10 rings (SSSR count). The van der Waals surface area contributed by atoms with Crippen molar-refractivity contribution in [3.63, 3.8) is 0 Å². The summed E-state index contributed by atoms with van der Waals surface area (Å²) in [6, 6.07) is 68.7. The highest BCUT2D eigenvalue weighted by Gasteiger charge is 2.22. The summed E-state index contributed by atoms with van der Waals surface area (Å²) in [6.45, 7) is 0. The molecule has 1 aromatic heterocycles. The molecule has 50 heavy (non-hydrogen) atoms. The minimum Gasteiger partial charge on any atom is -0.310 e. The van der Waals surface area contributed by atoms with Crippen LogP contribution in [0.2, 0.25) is 0 Å². The van der Waals surface area contributed by atoms with Crippen LogP contribution in [-0.4, -0.2) is 0 Å². The van der Waals surface area contributed by atoms with Gasteiger partial charge < -0.3 is 4.90 Å². The van der Waals surface area contributed by atoms with Gasteiger partial charge in [-0.05, 0) is 85.4 Å². The molecule has 0 fully saturated rings. The van der Waals surface area contributed by atoms with Gasteiger partial charge in [0.15, 0.2) is 0 Å². The Balaban J connectivity index is 1.24. The van der Waals surface area contributed by atoms with Crippen LogP contribution in [0.3, 0.4) is 0 Å². The van der Waals surface area contributed by atoms with Crippen molar-refractivity contribution in [1.29, 1.82) is 0 Å². The monoisotopic (exact) mass is 653 g/mol. The zero-order valence-corrected chi connectivity index (χ0v) is 28.1. The Morgan fingerprint density at radius 1 is 0.360 bits per heavy atom. The second kappa shape index (κ2) is 11.7. The summed E-state index contributed by atoms with van der Waals surface area (Å²) in [5, 5.41) is 10.1. The maximum absolute atomic E-state index is 2.46. The molecule has 2 heteroatoms. The van der Waals surface area contributed by atoms with Crippen molar-refractivity contribution < 1.29 is 0 Å². The normalized spacial score (nSPS) is 11.6. The van der Waals surface area contributed by atoms with Gasteiger partial charge in [0.1, 0.15) is 0 Å². The van der Waals surface area contributed by atoms with Crippen LogP contribution in [0.5, 0.6) is 0 Å². The Kier molecular flexibility index (Phi) is 6.75. The SMILES string of the molecule is c1ccc(-c2ccc(N(c3ccc4c(ccc5ccccc54)c3)c3ccc(-c4cccc5ccccc45)c4sc5ccccc5c34)cc2)cc1. The maximum Gasteiger partial charge on any atom is 0.0555 e. The molecule has 9 aromatic carbocycles. The fourth-order valence-corrected chi connectivity index (χ4v) is 8.92. The first kappa shape index (κ1) is 28.8. The van der Waals surface area contributed by atoms with E-state index >= 15 is 0 Å². The van der Waals surface area contributed by atoms with Gasteiger partial charge in [-0.15, -0.1) is 11.3 Å². The number of rotatable bonds is 5. The number of thiophene rings is 1. The van der Waals surface area contributed by atoms with E-state index in [4.69, 9.17) is 0 Å². The standard InChI is InChI=1S/C48H31NS/c1-2-11-32(12-3-1)33-23-25-37(26-24-33)49(38-27-28-41-36(31-38)22-21-35-14-5-6-16-39(35)41)45-30-29-43(42-19-10-15-34-13-4-7-17-40(34)42)48-47(45)44-18-8-9-20-46(44)50-48/h1-31H. The summed E-state index contributed by atoms with van der Waals surface area (Å²) in [6.07, 6.45) is 0. The lowest BCUT2D eigenvalue weighted by atomic mass is 9.95. The van der Waals surface area contributed by atoms with Gasteiger partial charge in [-0.25, -0.2) is 0 Å². The van der Waals surface area contributed by atoms with Crippen LogP contribution in [0.25, 0.3) is 74.7 Å². The van der Waals surface area contributed by atoms with E-state index in [2.05, 4.69) is 193 Å². The average molecular weight is 654 g/mol. The first-order valence-corrected chi connectivity index (χ1v) is 17.9. The predicted octanol–water partition coefficient (Wildman–Crippen LogP) is 14.3. The molecule has 0 spiro atoms. The largest absolute Gasteiger partial charge is 0.310 e. The smallest absolute Gasteiger partial charge is 0.0555 e. The molecule has 0 unspecified atom stereocenters. The molecule has 1 nitrogen and oxygen atoms in total. The molecule has 0 amide bonds. The van der Waals surface area contributed by atoms with Crippen molar-refractivity contribution in [2.45, 2.75) is 0 Å². The average Bonchev–Trinajstić information content (AvgIpc) is 3.58. The quantitative estimate of drug-likeness (QED) is 0.167. The van der Waals surface area contributed by atoms with E-state index in [1.165, 1.54) is 80.4 Å². The summed E-state index contributed by atoms with van der Waals surface area (Å²) in [7, 11) is 0. The van der Waals surface area contributed by atoms with E-state index in [-0.39, 0.29) is 0 Å². The van der Waals surface area contributed by atoms with Crippen LogP contribution in [0.1, 0.15) is 0 Å². The van der Waals surface area contributed by atoms with Gasteiger partial charge in [0, 0.05) is 37.1 Å². The summed E-state index contributed by atoms with van der Waals surface area (Å²) in [5.41, 5.74) is 8.39. The maximum atomic E-state index is 2.46. The van der Waals surface area contributed by atoms with Crippen LogP contribution < -0.4 is 4.90 Å². The highest BCUT2D eigenvalue weighted by atomic mass is 32.1. The Hall–Kier alpha value is -6.22. The van der Waals surface area contributed by atoms with E-state index < -0.39 is 0 Å². The third-order valence-corrected chi connectivity index (χ3v) is 11.2. The number of anilines is 3. The van der Waals surface area contributed by atoms with E-state index in [1.54, 1.807) is 0 Å². The summed E-state index contributed by atoms with van der Waals surface area (Å²) >= 11 is 1.89. The second-order valence-corrected chi connectivity index (χ2v) is 14.0. The molecular weight excluding hydrogens is 623 g/mol. The molecule has 0 bridgehead atoms. The van der Waals surface area contributed by atoms with Crippen LogP contribution in [0.4, 0.5) is 17.1 Å². The number of benzene rings is 9. The molecule has 0 saturated carbocycles. The highest BCUT2D eigenvalue weighted by molar-refractivity contribution is 7.26. The molecule has 0 saturated heterocycles. The predicted molar refractivity (Wildman–Crippen MR) is 217 cm³/mol. The molecular formula is C48H31NS. The van der Waals surface area contributed by atoms with Gasteiger partial charge >= 0.3 is 0 Å². The molecule has 0 aliphatic heterocycles. The zero-order chi connectivity index (χ0) is 33.0. The van der Waals surface area contributed by atoms with Gasteiger partial charge in [-0.3, -0.25) is 0 Å². The lowest BCUT2D eigenvalue weighted by Crippen LogP contribution is -2.10. The topological polar surface area (TPSA) is 3.24 Å². The van der Waals surface area contributed by atoms with Gasteiger partial charge in [0.25, 0.3) is 0 Å². The van der Waals surface area contributed by atoms with Crippen molar-refractivity contribution >= 4 is 80.9 Å². The summed E-state index contributed by atoms with van der Waals surface area (Å²) in [5.74, 6) is 0. The summed E-state index contributed by atoms with van der Waals surface area (Å²) in [4.78, 5) is 2.46. The minimum absolute atomic E-state index is 1.12. The van der Waals surface area contributed by atoms with Crippen LogP contribution >= 0.6 is 11.3 Å². The van der Waals surface area contributed by atoms with E-state index in [9.17, 15) is 0 Å². The van der Waals surface area contributed by atoms with Crippen LogP contribution in [0.15, 0.2) is 188 Å². The van der Waals surface area contributed by atoms with Crippen molar-refractivity contribution in [2.24, 2.45) is 0 Å². The molecule has 0 N–H and O–H groups in total. The zero-order valence-electron chi connectivity index (χ0n) is 27.3. The first-order valence-electron chi connectivity index (χ1n) is 17.1. The van der Waals surface area contributed by atoms with Gasteiger partial charge in [0.2, 0.25) is 0 Å². The highest BCUT2D eigenvalue weighted by Crippen LogP contribution is 2.49. The lowest BCUT2D eigenvalue weighted by molar-refractivity contribution is 1.31. The van der Waals surface area contributed by atoms with Crippen molar-refractivity contribution in [2.75, 3.05) is 4.90 Å². The Morgan fingerprint density at radius 3 is 1.82 bits per heavy atom. The van der Waals surface area contributed by atoms with Crippen LogP contribution in [0, 0.1) is 0 Å². The lowest BCUT2D eigenvalue weighted by Gasteiger charge is -2.28. The Bertz CT molecular complexity index is 2860. The second-order valence-electron chi connectivity index (χ2n) is 12.9. The fourth-order valence-electron chi connectivity index (χ4n) is 7.67. The van der Waals surface area contributed by atoms with Crippen molar-refractivity contribution in [1.82, 2.24) is 0 Å². The molecule has 0 aliphatic carbocycles. The fraction of sp³-hybridized carbons (Fsp3) is 0. The van der Waals surface area contributed by atoms with Crippen molar-refractivity contribution in [3.8, 4) is 22.3 Å². The molecule has 0 aliphatic rings. The van der Waals surface area contributed by atoms with Gasteiger partial charge in [-0.2, -0.15) is 0 Å². The molecule has 10 aromatic rings. The summed E-state index contributed by atoms with van der Waals surface area (Å²) < 4.78 is 2.60. The van der Waals surface area contributed by atoms with Crippen LogP contribution in [-0.2, 0) is 0 Å². The van der Waals surface area contributed by atoms with E-state index in [0.717, 1.165) is 11.4 Å². The number of fused-ring (bicyclic) bond motifs is 7. The molecule has 0 radical (unpaired) electrons. The molecule has 1 heterocycles. The molecule has 0 atom stereocenters. The third kappa shape index (κ3) is 4.69. The Labute approximate surface area is 294 Å². The number of hydrogen-bond acceptors (Lipinski definition) is 2.